The van der Waals surface area contributed by atoms with Gasteiger partial charge in [0, 0.05) is 87.8 Å². The van der Waals surface area contributed by atoms with E-state index in [9.17, 15) is 0 Å². The molecule has 482 valence electrons. The maximum atomic E-state index is 2.56. The molecule has 98 heavy (non-hydrogen) atoms. The first-order valence-electron chi connectivity index (χ1n) is 35.5. The molecule has 0 unspecified atom stereocenters. The van der Waals surface area contributed by atoms with Crippen molar-refractivity contribution in [1.29, 1.82) is 0 Å². The summed E-state index contributed by atoms with van der Waals surface area (Å²) in [6.45, 7) is 23.1. The van der Waals surface area contributed by atoms with Gasteiger partial charge in [0.25, 0.3) is 13.4 Å². The van der Waals surface area contributed by atoms with Crippen LogP contribution in [-0.4, -0.2) is 13.4 Å². The monoisotopic (exact) mass is 1310 g/mol. The Kier molecular flexibility index (Phi) is 16.5. The number of nitrogens with zero attached hydrogens (tertiary/aromatic N) is 4. The summed E-state index contributed by atoms with van der Waals surface area (Å²) in [6.07, 6.45) is 6.93. The van der Waals surface area contributed by atoms with Crippen LogP contribution in [0.3, 0.4) is 0 Å². The van der Waals surface area contributed by atoms with Gasteiger partial charge >= 0.3 is 0 Å². The van der Waals surface area contributed by atoms with Crippen LogP contribution >= 0.6 is 23.5 Å². The van der Waals surface area contributed by atoms with Gasteiger partial charge in [-0.25, -0.2) is 0 Å². The molecule has 16 rings (SSSR count). The van der Waals surface area contributed by atoms with Gasteiger partial charge in [0.1, 0.15) is 0 Å². The molecule has 4 aliphatic heterocycles. The number of para-hydroxylation sites is 2. The van der Waals surface area contributed by atoms with Crippen molar-refractivity contribution in [2.45, 2.75) is 138 Å². The number of fused-ring (bicyclic) bond motifs is 8. The van der Waals surface area contributed by atoms with Crippen LogP contribution in [0.25, 0.3) is 11.1 Å². The number of benzene rings is 12. The average Bonchev–Trinajstić information content (AvgIpc) is 0.706. The second-order valence-corrected chi connectivity index (χ2v) is 31.9. The zero-order valence-electron chi connectivity index (χ0n) is 58.3. The molecule has 0 atom stereocenters. The van der Waals surface area contributed by atoms with E-state index < -0.39 is 0 Å². The molecule has 0 bridgehead atoms. The van der Waals surface area contributed by atoms with E-state index in [1.54, 1.807) is 0 Å². The third-order valence-electron chi connectivity index (χ3n) is 20.6. The number of unbranched alkanes of at least 4 members (excludes halogenated alkanes) is 2. The molecule has 0 amide bonds. The summed E-state index contributed by atoms with van der Waals surface area (Å²) < 4.78 is 0. The summed E-state index contributed by atoms with van der Waals surface area (Å²) in [5, 5.41) is 0. The SMILES string of the molecule is CCCCc1ccc(N2c3ccc(CCCC)cc3B3c4ccccc4N(c4cccc(Sc5cccc(-c6cccc(Sc7cccc(N8c9ccccc9B9c%10cc(C(C)(C)C)ccc%10N(c%10ccc(C(C)(C)C)cc%10)c%10cc(C)cc8c%109)c7)c6)c5)c4)c4cc(C)cc2c43)cc1. The van der Waals surface area contributed by atoms with Crippen LogP contribution in [0, 0.1) is 13.8 Å². The molecule has 4 aliphatic rings. The van der Waals surface area contributed by atoms with Crippen molar-refractivity contribution in [3.63, 3.8) is 0 Å². The van der Waals surface area contributed by atoms with Gasteiger partial charge in [0.05, 0.1) is 0 Å². The van der Waals surface area contributed by atoms with Crippen LogP contribution < -0.4 is 52.4 Å². The first kappa shape index (κ1) is 63.4. The van der Waals surface area contributed by atoms with Gasteiger partial charge in [0.2, 0.25) is 0 Å². The number of hydrogen-bond acceptors (Lipinski definition) is 6. The van der Waals surface area contributed by atoms with Crippen LogP contribution in [0.4, 0.5) is 68.2 Å². The van der Waals surface area contributed by atoms with Crippen molar-refractivity contribution in [3.8, 4) is 11.1 Å². The fraction of sp³-hybridized carbons (Fsp3) is 0.200. The van der Waals surface area contributed by atoms with Crippen molar-refractivity contribution in [2.75, 3.05) is 19.6 Å². The Labute approximate surface area is 591 Å². The van der Waals surface area contributed by atoms with Gasteiger partial charge in [-0.2, -0.15) is 0 Å². The third kappa shape index (κ3) is 11.6. The largest absolute Gasteiger partial charge is 0.311 e. The Bertz CT molecular complexity index is 5060. The summed E-state index contributed by atoms with van der Waals surface area (Å²) in [6, 6.07) is 98.0. The van der Waals surface area contributed by atoms with Gasteiger partial charge in [-0.1, -0.05) is 213 Å². The molecule has 8 heteroatoms. The van der Waals surface area contributed by atoms with Crippen LogP contribution in [0.15, 0.2) is 274 Å². The van der Waals surface area contributed by atoms with Gasteiger partial charge in [0.15, 0.2) is 0 Å². The molecule has 4 heterocycles. The topological polar surface area (TPSA) is 13.0 Å². The van der Waals surface area contributed by atoms with Crippen LogP contribution in [-0.2, 0) is 23.7 Å². The highest BCUT2D eigenvalue weighted by atomic mass is 32.2. The highest BCUT2D eigenvalue weighted by molar-refractivity contribution is 7.99. The van der Waals surface area contributed by atoms with E-state index in [4.69, 9.17) is 0 Å². The van der Waals surface area contributed by atoms with E-state index in [0.717, 1.165) is 24.2 Å². The molecule has 0 aliphatic carbocycles. The fourth-order valence-electron chi connectivity index (χ4n) is 15.8. The minimum Gasteiger partial charge on any atom is -0.311 e. The number of hydrogen-bond donors (Lipinski definition) is 0. The van der Waals surface area contributed by atoms with E-state index in [1.165, 1.54) is 179 Å². The minimum atomic E-state index is -0.0172. The third-order valence-corrected chi connectivity index (χ3v) is 22.6. The summed E-state index contributed by atoms with van der Waals surface area (Å²) in [7, 11) is 0. The highest BCUT2D eigenvalue weighted by Crippen LogP contribution is 2.49. The molecular weight excluding hydrogens is 1220 g/mol. The lowest BCUT2D eigenvalue weighted by atomic mass is 9.33. The van der Waals surface area contributed by atoms with Crippen LogP contribution in [0.2, 0.25) is 0 Å². The Morgan fingerprint density at radius 2 is 0.684 bits per heavy atom. The van der Waals surface area contributed by atoms with Crippen molar-refractivity contribution in [3.05, 3.63) is 288 Å². The van der Waals surface area contributed by atoms with E-state index >= 15 is 0 Å². The van der Waals surface area contributed by atoms with Gasteiger partial charge in [-0.05, 0) is 261 Å². The summed E-state index contributed by atoms with van der Waals surface area (Å²) in [5.41, 5.74) is 33.1. The second-order valence-electron chi connectivity index (χ2n) is 29.6. The predicted molar refractivity (Wildman–Crippen MR) is 425 cm³/mol. The number of anilines is 12. The maximum Gasteiger partial charge on any atom is 0.252 e. The maximum absolute atomic E-state index is 2.56. The molecule has 0 saturated carbocycles. The first-order valence-corrected chi connectivity index (χ1v) is 37.1. The number of rotatable bonds is 15. The van der Waals surface area contributed by atoms with Gasteiger partial charge in [-0.15, -0.1) is 0 Å². The highest BCUT2D eigenvalue weighted by Gasteiger charge is 2.46. The van der Waals surface area contributed by atoms with Gasteiger partial charge < -0.3 is 19.6 Å². The zero-order chi connectivity index (χ0) is 67.1. The molecular formula is C90H84B2N4S2. The molecule has 12 aromatic rings. The molecule has 4 nitrogen and oxygen atoms in total. The molecule has 0 saturated heterocycles. The Morgan fingerprint density at radius 3 is 1.15 bits per heavy atom. The van der Waals surface area contributed by atoms with Crippen LogP contribution in [0.1, 0.15) is 114 Å². The second kappa shape index (κ2) is 25.5. The predicted octanol–water partition coefficient (Wildman–Crippen LogP) is 21.7. The summed E-state index contributed by atoms with van der Waals surface area (Å²) >= 11 is 3.66. The average molecular weight is 1310 g/mol. The van der Waals surface area contributed by atoms with E-state index in [0.29, 0.717) is 0 Å². The summed E-state index contributed by atoms with van der Waals surface area (Å²) in [4.78, 5) is 15.0. The first-order chi connectivity index (χ1) is 47.6. The fourth-order valence-corrected chi connectivity index (χ4v) is 17.6. The van der Waals surface area contributed by atoms with Crippen LogP contribution in [0.5, 0.6) is 0 Å². The van der Waals surface area contributed by atoms with Gasteiger partial charge in [-0.3, -0.25) is 0 Å². The Balaban J connectivity index is 0.706. The smallest absolute Gasteiger partial charge is 0.252 e. The molecule has 0 fully saturated rings. The van der Waals surface area contributed by atoms with E-state index in [1.807, 2.05) is 23.5 Å². The molecule has 0 N–H and O–H groups in total. The van der Waals surface area contributed by atoms with Crippen molar-refractivity contribution in [1.82, 2.24) is 0 Å². The Morgan fingerprint density at radius 1 is 0.306 bits per heavy atom. The van der Waals surface area contributed by atoms with Crippen molar-refractivity contribution in [2.24, 2.45) is 0 Å². The van der Waals surface area contributed by atoms with E-state index in [2.05, 4.69) is 344 Å². The lowest BCUT2D eigenvalue weighted by molar-refractivity contribution is 0.590. The molecule has 12 aromatic carbocycles. The minimum absolute atomic E-state index is 0.0172. The Hall–Kier alpha value is -9.33. The lowest BCUT2D eigenvalue weighted by Crippen LogP contribution is -2.61. The molecule has 0 aromatic heterocycles. The quantitative estimate of drug-likeness (QED) is 0.0942. The summed E-state index contributed by atoms with van der Waals surface area (Å²) in [5.74, 6) is 0. The van der Waals surface area contributed by atoms with E-state index in [-0.39, 0.29) is 24.3 Å². The molecule has 0 radical (unpaired) electrons. The normalized spacial score (nSPS) is 13.4. The lowest BCUT2D eigenvalue weighted by Gasteiger charge is -2.44. The van der Waals surface area contributed by atoms with Crippen molar-refractivity contribution < 1.29 is 0 Å². The van der Waals surface area contributed by atoms with Crippen molar-refractivity contribution >= 4 is 138 Å². The zero-order valence-corrected chi connectivity index (χ0v) is 59.9. The number of aryl methyl sites for hydroxylation is 4. The standard InChI is InChI=1S/C90H84B2N4S2/c1-11-13-23-61-37-43-67(44-38-61)93-81-47-39-62(24-14-12-2)53-77(81)91-75-33-15-17-35-79(75)95(85-51-59(3)49-83(93)87(85)91)69-27-21-31-73(57-69)97-71-29-19-25-63(54-71)64-26-20-30-72(55-64)98-74-32-22-28-70(58-74)96-80-36-18-16-34-76(80)92-78-56-66(90(8,9)10)42-48-82(78)94(84-50-60(4)52-86(96)88(84)92)68-45-40-65(41-46-68)89(5,6)7/h15-22,25-58H,11-14,23-24H2,1-10H3. The molecule has 0 spiro atoms.